The molecule has 0 bridgehead atoms. The average Bonchev–Trinajstić information content (AvgIpc) is 2.40. The summed E-state index contributed by atoms with van der Waals surface area (Å²) in [4.78, 5) is 18.5. The molecule has 0 aromatic rings. The number of allylic oxidation sites excluding steroid dienone is 1. The Kier molecular flexibility index (Phi) is 28.3. The van der Waals surface area contributed by atoms with Crippen molar-refractivity contribution in [3.8, 4) is 0 Å². The maximum atomic E-state index is 9.40. The molecule has 0 saturated heterocycles. The number of carboxylic acid groups (broad SMARTS) is 2. The molecule has 0 atom stereocenters. The van der Waals surface area contributed by atoms with Gasteiger partial charge in [-0.3, -0.25) is 0 Å². The Morgan fingerprint density at radius 2 is 1.45 bits per heavy atom. The zero-order valence-corrected chi connectivity index (χ0v) is 15.7. The van der Waals surface area contributed by atoms with E-state index in [1.807, 2.05) is 0 Å². The van der Waals surface area contributed by atoms with Crippen LogP contribution >= 0.6 is 0 Å². The van der Waals surface area contributed by atoms with Crippen LogP contribution in [0.5, 0.6) is 0 Å². The summed E-state index contributed by atoms with van der Waals surface area (Å²) in [7, 11) is 0. The quantitative estimate of drug-likeness (QED) is 0.357. The van der Waals surface area contributed by atoms with Crippen LogP contribution < -0.4 is 10.2 Å². The third kappa shape index (κ3) is 43.4. The molecule has 20 heavy (non-hydrogen) atoms. The van der Waals surface area contributed by atoms with Gasteiger partial charge in [-0.2, -0.15) is 0 Å². The first-order valence-corrected chi connectivity index (χ1v) is 10.9. The van der Waals surface area contributed by atoms with E-state index in [-0.39, 0.29) is 21.1 Å². The average molecular weight is 389 g/mol. The summed E-state index contributed by atoms with van der Waals surface area (Å²) in [6, 6.07) is 0. The van der Waals surface area contributed by atoms with Gasteiger partial charge < -0.3 is 19.8 Å². The summed E-state index contributed by atoms with van der Waals surface area (Å²) in [5.74, 6) is -2.37. The number of carbonyl (C=O) groups is 2. The van der Waals surface area contributed by atoms with Crippen LogP contribution in [0.15, 0.2) is 24.8 Å². The van der Waals surface area contributed by atoms with Crippen LogP contribution in [-0.2, 0) is 9.59 Å². The van der Waals surface area contributed by atoms with Crippen molar-refractivity contribution in [1.29, 1.82) is 0 Å². The molecule has 0 aliphatic carbocycles. The molecule has 4 nitrogen and oxygen atoms in total. The fraction of sp³-hybridized carbons (Fsp3) is 0.600. The second-order valence-corrected chi connectivity index (χ2v) is 8.08. The molecule has 0 aliphatic rings. The third-order valence-corrected chi connectivity index (χ3v) is 5.92. The Bertz CT molecular complexity index is 257. The van der Waals surface area contributed by atoms with Gasteiger partial charge in [-0.1, -0.05) is 12.7 Å². The van der Waals surface area contributed by atoms with Crippen molar-refractivity contribution >= 4 is 33.1 Å². The molecule has 0 spiro atoms. The number of carboxylic acids is 2. The summed E-state index contributed by atoms with van der Waals surface area (Å²) in [5.41, 5.74) is 0. The number of hydrogen-bond donors (Lipinski definition) is 0. The number of carbonyl (C=O) groups excluding carboxylic acids is 2. The minimum absolute atomic E-state index is 0.149. The standard InChI is InChI=1S/C4H6O2.2C4H9.C3H4O2.Sn/c1-2-3-4(5)6;2*1-3-4-2;1-2-3(4)5;/h2-3H,1H3,(H,5,6);2*1,3-4H2,2H3;2H,1H2,(H,4,5);/q;;;;+2/p-2. The molecule has 0 heterocycles. The molecular weight excluding hydrogens is 363 g/mol. The topological polar surface area (TPSA) is 80.3 Å². The van der Waals surface area contributed by atoms with Gasteiger partial charge in [-0.25, -0.2) is 0 Å². The van der Waals surface area contributed by atoms with Crippen molar-refractivity contribution in [3.05, 3.63) is 24.8 Å². The van der Waals surface area contributed by atoms with Crippen LogP contribution in [-0.4, -0.2) is 33.1 Å². The van der Waals surface area contributed by atoms with E-state index in [0.29, 0.717) is 0 Å². The molecule has 0 fully saturated rings. The Morgan fingerprint density at radius 1 is 1.05 bits per heavy atom. The molecule has 0 amide bonds. The van der Waals surface area contributed by atoms with E-state index >= 15 is 0 Å². The molecule has 0 aromatic heterocycles. The Morgan fingerprint density at radius 3 is 1.60 bits per heavy atom. The predicted octanol–water partition coefficient (Wildman–Crippen LogP) is 1.36. The van der Waals surface area contributed by atoms with E-state index in [1.54, 1.807) is 15.8 Å². The van der Waals surface area contributed by atoms with Gasteiger partial charge in [0.1, 0.15) is 0 Å². The number of hydrogen-bond acceptors (Lipinski definition) is 4. The SMILES string of the molecule is C=CC(=O)[O-].CC=CC(=O)[O-].CCC[CH2][Sn+2][CH2]CCC. The van der Waals surface area contributed by atoms with E-state index in [0.717, 1.165) is 12.2 Å². The molecule has 0 rings (SSSR count). The van der Waals surface area contributed by atoms with Gasteiger partial charge in [0.2, 0.25) is 0 Å². The van der Waals surface area contributed by atoms with Gasteiger partial charge >= 0.3 is 69.5 Å². The van der Waals surface area contributed by atoms with Crippen LogP contribution in [0.25, 0.3) is 0 Å². The summed E-state index contributed by atoms with van der Waals surface area (Å²) < 4.78 is 3.25. The van der Waals surface area contributed by atoms with E-state index in [2.05, 4.69) is 20.4 Å². The first-order valence-electron chi connectivity index (χ1n) is 6.83. The van der Waals surface area contributed by atoms with E-state index in [9.17, 15) is 9.90 Å². The van der Waals surface area contributed by atoms with Crippen LogP contribution in [0.1, 0.15) is 46.5 Å². The Balaban J connectivity index is -0.000000230. The number of rotatable bonds is 8. The third-order valence-electron chi connectivity index (χ3n) is 1.88. The van der Waals surface area contributed by atoms with Gasteiger partial charge in [0.25, 0.3) is 0 Å². The van der Waals surface area contributed by atoms with Gasteiger partial charge in [0, 0.05) is 0 Å². The molecule has 0 radical (unpaired) electrons. The fourth-order valence-corrected chi connectivity index (χ4v) is 5.02. The summed E-state index contributed by atoms with van der Waals surface area (Å²) in [6.45, 7) is 9.10. The van der Waals surface area contributed by atoms with Gasteiger partial charge in [0.15, 0.2) is 0 Å². The Hall–Kier alpha value is -0.781. The minimum atomic E-state index is -1.23. The molecule has 0 aliphatic heterocycles. The summed E-state index contributed by atoms with van der Waals surface area (Å²) in [5, 5.41) is 18.5. The Labute approximate surface area is 133 Å². The van der Waals surface area contributed by atoms with Crippen molar-refractivity contribution in [2.45, 2.75) is 55.3 Å². The molecule has 0 unspecified atom stereocenters. The zero-order chi connectivity index (χ0) is 16.2. The van der Waals surface area contributed by atoms with Crippen molar-refractivity contribution in [3.63, 3.8) is 0 Å². The van der Waals surface area contributed by atoms with E-state index in [1.165, 1.54) is 31.8 Å². The fourth-order valence-electron chi connectivity index (χ4n) is 0.865. The molecule has 5 heteroatoms. The van der Waals surface area contributed by atoms with Gasteiger partial charge in [-0.15, -0.1) is 0 Å². The van der Waals surface area contributed by atoms with Crippen molar-refractivity contribution in [1.82, 2.24) is 0 Å². The maximum absolute atomic E-state index is 9.40. The number of aliphatic carboxylic acids is 2. The predicted molar refractivity (Wildman–Crippen MR) is 80.2 cm³/mol. The van der Waals surface area contributed by atoms with Crippen LogP contribution in [0.2, 0.25) is 8.87 Å². The first kappa shape index (κ1) is 24.3. The van der Waals surface area contributed by atoms with E-state index < -0.39 is 11.9 Å². The molecule has 0 N–H and O–H groups in total. The molecule has 0 aromatic carbocycles. The molecule has 0 saturated carbocycles. The van der Waals surface area contributed by atoms with Crippen molar-refractivity contribution in [2.24, 2.45) is 0 Å². The van der Waals surface area contributed by atoms with Crippen LogP contribution in [0.4, 0.5) is 0 Å². The van der Waals surface area contributed by atoms with Crippen molar-refractivity contribution in [2.75, 3.05) is 0 Å². The van der Waals surface area contributed by atoms with Gasteiger partial charge in [-0.05, 0) is 19.1 Å². The second-order valence-electron chi connectivity index (χ2n) is 3.80. The first-order chi connectivity index (χ1) is 9.45. The zero-order valence-electron chi connectivity index (χ0n) is 12.8. The molecule has 114 valence electrons. The number of unbranched alkanes of at least 4 members (excludes halogenated alkanes) is 2. The van der Waals surface area contributed by atoms with Gasteiger partial charge in [0.05, 0.1) is 11.9 Å². The second kappa shape index (κ2) is 23.3. The van der Waals surface area contributed by atoms with E-state index in [4.69, 9.17) is 9.90 Å². The van der Waals surface area contributed by atoms with Crippen LogP contribution in [0.3, 0.4) is 0 Å². The monoisotopic (exact) mass is 390 g/mol. The molecular formula is C15H26O4Sn. The normalized spacial score (nSPS) is 8.55. The summed E-state index contributed by atoms with van der Waals surface area (Å²) in [6.07, 6.45) is 8.95. The van der Waals surface area contributed by atoms with Crippen molar-refractivity contribution < 1.29 is 19.8 Å². The summed E-state index contributed by atoms with van der Waals surface area (Å²) >= 11 is 0.149. The van der Waals surface area contributed by atoms with Crippen LogP contribution in [0, 0.1) is 0 Å².